The van der Waals surface area contributed by atoms with Crippen LogP contribution in [0.2, 0.25) is 0 Å². The number of nitrogens with zero attached hydrogens (tertiary/aromatic N) is 1. The Bertz CT molecular complexity index is 341. The Morgan fingerprint density at radius 1 is 1.35 bits per heavy atom. The molecule has 4 heteroatoms. The second-order valence-electron chi connectivity index (χ2n) is 7.47. The molecule has 0 radical (unpaired) electrons. The Balaban J connectivity index is 1.85. The van der Waals surface area contributed by atoms with E-state index in [1.807, 2.05) is 0 Å². The van der Waals surface area contributed by atoms with Gasteiger partial charge in [0.25, 0.3) is 0 Å². The van der Waals surface area contributed by atoms with Crippen LogP contribution < -0.4 is 5.32 Å². The predicted molar refractivity (Wildman–Crippen MR) is 80.5 cm³/mol. The second kappa shape index (κ2) is 6.33. The van der Waals surface area contributed by atoms with Crippen molar-refractivity contribution < 1.29 is 9.90 Å². The van der Waals surface area contributed by atoms with Crippen molar-refractivity contribution in [2.75, 3.05) is 13.1 Å². The van der Waals surface area contributed by atoms with Gasteiger partial charge in [-0.2, -0.15) is 0 Å². The van der Waals surface area contributed by atoms with Gasteiger partial charge in [0.1, 0.15) is 0 Å². The number of amides is 2. The minimum atomic E-state index is -0.323. The largest absolute Gasteiger partial charge is 0.393 e. The third-order valence-electron chi connectivity index (χ3n) is 4.82. The molecule has 0 bridgehead atoms. The average molecular weight is 282 g/mol. The standard InChI is InChI=1S/C16H30N2O2/c1-12(19)10-16(2,3)11-17-15(20)18-9-5-7-13-6-4-8-14(13)18/h12-14,19H,4-11H2,1-3H3,(H,17,20). The van der Waals surface area contributed by atoms with Crippen LogP contribution in [0.15, 0.2) is 0 Å². The number of aliphatic hydroxyl groups excluding tert-OH is 1. The Kier molecular flexibility index (Phi) is 4.95. The molecule has 0 aromatic carbocycles. The lowest BCUT2D eigenvalue weighted by atomic mass is 9.87. The van der Waals surface area contributed by atoms with Crippen LogP contribution >= 0.6 is 0 Å². The summed E-state index contributed by atoms with van der Waals surface area (Å²) in [6, 6.07) is 0.573. The molecule has 2 amide bonds. The van der Waals surface area contributed by atoms with Gasteiger partial charge in [-0.3, -0.25) is 0 Å². The fraction of sp³-hybridized carbons (Fsp3) is 0.938. The lowest BCUT2D eigenvalue weighted by Crippen LogP contribution is -2.52. The maximum absolute atomic E-state index is 12.4. The number of carbonyl (C=O) groups excluding carboxylic acids is 1. The number of carbonyl (C=O) groups is 1. The van der Waals surface area contributed by atoms with Crippen molar-refractivity contribution in [1.82, 2.24) is 10.2 Å². The van der Waals surface area contributed by atoms with Crippen LogP contribution in [0.5, 0.6) is 0 Å². The lowest BCUT2D eigenvalue weighted by molar-refractivity contribution is 0.113. The number of rotatable bonds is 4. The molecule has 1 saturated carbocycles. The summed E-state index contributed by atoms with van der Waals surface area (Å²) in [5.74, 6) is 0.736. The topological polar surface area (TPSA) is 52.6 Å². The van der Waals surface area contributed by atoms with Crippen molar-refractivity contribution in [3.8, 4) is 0 Å². The van der Waals surface area contributed by atoms with Gasteiger partial charge in [-0.1, -0.05) is 20.3 Å². The van der Waals surface area contributed by atoms with E-state index in [0.717, 1.165) is 18.9 Å². The Morgan fingerprint density at radius 2 is 2.05 bits per heavy atom. The van der Waals surface area contributed by atoms with Crippen molar-refractivity contribution in [2.24, 2.45) is 11.3 Å². The van der Waals surface area contributed by atoms with Crippen molar-refractivity contribution in [3.05, 3.63) is 0 Å². The number of likely N-dealkylation sites (tertiary alicyclic amines) is 1. The van der Waals surface area contributed by atoms with E-state index in [1.54, 1.807) is 6.92 Å². The summed E-state index contributed by atoms with van der Waals surface area (Å²) in [5.41, 5.74) is -0.0608. The van der Waals surface area contributed by atoms with E-state index in [0.29, 0.717) is 19.0 Å². The summed E-state index contributed by atoms with van der Waals surface area (Å²) in [4.78, 5) is 14.5. The zero-order valence-corrected chi connectivity index (χ0v) is 13.2. The van der Waals surface area contributed by atoms with Crippen LogP contribution in [0.1, 0.15) is 59.3 Å². The maximum Gasteiger partial charge on any atom is 0.317 e. The Morgan fingerprint density at radius 3 is 2.75 bits per heavy atom. The van der Waals surface area contributed by atoms with Gasteiger partial charge in [-0.15, -0.1) is 0 Å². The SMILES string of the molecule is CC(O)CC(C)(C)CNC(=O)N1CCCC2CCCC21. The zero-order valence-electron chi connectivity index (χ0n) is 13.2. The van der Waals surface area contributed by atoms with Gasteiger partial charge < -0.3 is 15.3 Å². The van der Waals surface area contributed by atoms with Crippen LogP contribution in [-0.4, -0.2) is 41.3 Å². The van der Waals surface area contributed by atoms with Gasteiger partial charge in [0.15, 0.2) is 0 Å². The Labute approximate surface area is 122 Å². The molecule has 1 heterocycles. The molecule has 1 aliphatic carbocycles. The van der Waals surface area contributed by atoms with Gasteiger partial charge in [-0.25, -0.2) is 4.79 Å². The second-order valence-corrected chi connectivity index (χ2v) is 7.47. The molecule has 20 heavy (non-hydrogen) atoms. The summed E-state index contributed by atoms with van der Waals surface area (Å²) >= 11 is 0. The zero-order chi connectivity index (χ0) is 14.8. The molecule has 2 aliphatic rings. The molecule has 4 nitrogen and oxygen atoms in total. The minimum absolute atomic E-state index is 0.0608. The van der Waals surface area contributed by atoms with Gasteiger partial charge in [0, 0.05) is 19.1 Å². The molecule has 2 rings (SSSR count). The first-order valence-corrected chi connectivity index (χ1v) is 8.11. The molecule has 0 spiro atoms. The number of aliphatic hydroxyl groups is 1. The molecule has 0 aromatic heterocycles. The van der Waals surface area contributed by atoms with Crippen LogP contribution in [0, 0.1) is 11.3 Å². The smallest absolute Gasteiger partial charge is 0.317 e. The molecular formula is C16H30N2O2. The predicted octanol–water partition coefficient (Wildman–Crippen LogP) is 2.76. The number of hydrogen-bond acceptors (Lipinski definition) is 2. The summed E-state index contributed by atoms with van der Waals surface area (Å²) in [5, 5.41) is 12.6. The molecular weight excluding hydrogens is 252 g/mol. The van der Waals surface area contributed by atoms with Crippen LogP contribution in [0.3, 0.4) is 0 Å². The van der Waals surface area contributed by atoms with E-state index in [4.69, 9.17) is 0 Å². The third kappa shape index (κ3) is 3.87. The number of urea groups is 1. The normalized spacial score (nSPS) is 28.1. The molecule has 1 aliphatic heterocycles. The summed E-state index contributed by atoms with van der Waals surface area (Å²) in [6.45, 7) is 7.52. The average Bonchev–Trinajstić information content (AvgIpc) is 2.82. The van der Waals surface area contributed by atoms with E-state index >= 15 is 0 Å². The van der Waals surface area contributed by atoms with E-state index in [-0.39, 0.29) is 17.6 Å². The molecule has 3 atom stereocenters. The Hall–Kier alpha value is -0.770. The van der Waals surface area contributed by atoms with Crippen molar-refractivity contribution in [1.29, 1.82) is 0 Å². The first-order chi connectivity index (χ1) is 9.39. The van der Waals surface area contributed by atoms with E-state index in [1.165, 1.54) is 25.7 Å². The highest BCUT2D eigenvalue weighted by Gasteiger charge is 2.37. The first-order valence-electron chi connectivity index (χ1n) is 8.11. The van der Waals surface area contributed by atoms with Crippen molar-refractivity contribution in [3.63, 3.8) is 0 Å². The van der Waals surface area contributed by atoms with Crippen LogP contribution in [0.25, 0.3) is 0 Å². The van der Waals surface area contributed by atoms with Gasteiger partial charge in [0.2, 0.25) is 0 Å². The van der Waals surface area contributed by atoms with Gasteiger partial charge in [0.05, 0.1) is 6.10 Å². The number of piperidine rings is 1. The quantitative estimate of drug-likeness (QED) is 0.833. The lowest BCUT2D eigenvalue weighted by Gasteiger charge is -2.38. The molecule has 0 aromatic rings. The fourth-order valence-corrected chi connectivity index (χ4v) is 3.99. The highest BCUT2D eigenvalue weighted by Crippen LogP contribution is 2.36. The third-order valence-corrected chi connectivity index (χ3v) is 4.82. The summed E-state index contributed by atoms with van der Waals surface area (Å²) in [7, 11) is 0. The first kappa shape index (κ1) is 15.6. The molecule has 1 saturated heterocycles. The van der Waals surface area contributed by atoms with E-state index < -0.39 is 0 Å². The fourth-order valence-electron chi connectivity index (χ4n) is 3.99. The van der Waals surface area contributed by atoms with E-state index in [2.05, 4.69) is 24.1 Å². The molecule has 3 unspecified atom stereocenters. The summed E-state index contributed by atoms with van der Waals surface area (Å²) in [6.07, 6.45) is 6.56. The highest BCUT2D eigenvalue weighted by molar-refractivity contribution is 5.74. The minimum Gasteiger partial charge on any atom is -0.393 e. The monoisotopic (exact) mass is 282 g/mol. The van der Waals surface area contributed by atoms with Crippen molar-refractivity contribution in [2.45, 2.75) is 71.4 Å². The maximum atomic E-state index is 12.4. The van der Waals surface area contributed by atoms with E-state index in [9.17, 15) is 9.90 Å². The van der Waals surface area contributed by atoms with Gasteiger partial charge >= 0.3 is 6.03 Å². The van der Waals surface area contributed by atoms with Crippen LogP contribution in [0.4, 0.5) is 4.79 Å². The number of fused-ring (bicyclic) bond motifs is 1. The summed E-state index contributed by atoms with van der Waals surface area (Å²) < 4.78 is 0. The number of nitrogens with one attached hydrogen (secondary N) is 1. The van der Waals surface area contributed by atoms with Crippen LogP contribution in [-0.2, 0) is 0 Å². The van der Waals surface area contributed by atoms with Gasteiger partial charge in [-0.05, 0) is 50.4 Å². The molecule has 116 valence electrons. The highest BCUT2D eigenvalue weighted by atomic mass is 16.3. The van der Waals surface area contributed by atoms with Crippen molar-refractivity contribution >= 4 is 6.03 Å². The number of hydrogen-bond donors (Lipinski definition) is 2. The molecule has 2 fully saturated rings. The molecule has 2 N–H and O–H groups in total.